The van der Waals surface area contributed by atoms with E-state index in [0.717, 1.165) is 18.3 Å². The summed E-state index contributed by atoms with van der Waals surface area (Å²) in [6, 6.07) is 1.92. The van der Waals surface area contributed by atoms with Crippen molar-refractivity contribution in [3.8, 4) is 0 Å². The van der Waals surface area contributed by atoms with Gasteiger partial charge in [-0.2, -0.15) is 4.98 Å². The molecule has 82 valence electrons. The van der Waals surface area contributed by atoms with E-state index in [1.165, 1.54) is 12.8 Å². The van der Waals surface area contributed by atoms with Gasteiger partial charge in [-0.3, -0.25) is 0 Å². The van der Waals surface area contributed by atoms with Crippen LogP contribution in [0.5, 0.6) is 0 Å². The lowest BCUT2D eigenvalue weighted by Gasteiger charge is -2.13. The highest BCUT2D eigenvalue weighted by molar-refractivity contribution is 5.40. The first kappa shape index (κ1) is 10.2. The number of anilines is 2. The SMILES string of the molecule is CN(C)c1nccc(NCC2(C)CC2)n1. The Kier molecular flexibility index (Phi) is 2.50. The molecule has 0 amide bonds. The van der Waals surface area contributed by atoms with Gasteiger partial charge in [0.1, 0.15) is 5.82 Å². The molecule has 0 bridgehead atoms. The maximum absolute atomic E-state index is 4.41. The molecule has 1 aromatic heterocycles. The van der Waals surface area contributed by atoms with Crippen molar-refractivity contribution in [2.75, 3.05) is 30.9 Å². The van der Waals surface area contributed by atoms with Crippen LogP contribution in [0.15, 0.2) is 12.3 Å². The summed E-state index contributed by atoms with van der Waals surface area (Å²) in [6.07, 6.45) is 4.44. The Morgan fingerprint density at radius 1 is 1.47 bits per heavy atom. The first-order valence-corrected chi connectivity index (χ1v) is 5.33. The van der Waals surface area contributed by atoms with Crippen LogP contribution in [0.2, 0.25) is 0 Å². The number of nitrogens with one attached hydrogen (secondary N) is 1. The van der Waals surface area contributed by atoms with Crippen molar-refractivity contribution < 1.29 is 0 Å². The van der Waals surface area contributed by atoms with E-state index < -0.39 is 0 Å². The molecular weight excluding hydrogens is 188 g/mol. The number of hydrogen-bond donors (Lipinski definition) is 1. The molecule has 1 heterocycles. The van der Waals surface area contributed by atoms with E-state index in [1.54, 1.807) is 6.20 Å². The van der Waals surface area contributed by atoms with Gasteiger partial charge in [0.2, 0.25) is 5.95 Å². The quantitative estimate of drug-likeness (QED) is 0.815. The number of rotatable bonds is 4. The van der Waals surface area contributed by atoms with Crippen LogP contribution < -0.4 is 10.2 Å². The molecule has 1 aliphatic rings. The monoisotopic (exact) mass is 206 g/mol. The molecule has 0 atom stereocenters. The lowest BCUT2D eigenvalue weighted by atomic mass is 10.1. The largest absolute Gasteiger partial charge is 0.369 e. The van der Waals surface area contributed by atoms with Crippen molar-refractivity contribution in [1.82, 2.24) is 9.97 Å². The normalized spacial score (nSPS) is 17.3. The van der Waals surface area contributed by atoms with E-state index in [9.17, 15) is 0 Å². The van der Waals surface area contributed by atoms with Crippen molar-refractivity contribution in [2.24, 2.45) is 5.41 Å². The van der Waals surface area contributed by atoms with Gasteiger partial charge in [-0.1, -0.05) is 6.92 Å². The fraction of sp³-hybridized carbons (Fsp3) is 0.636. The Balaban J connectivity index is 1.98. The van der Waals surface area contributed by atoms with E-state index in [1.807, 2.05) is 25.1 Å². The van der Waals surface area contributed by atoms with Crippen LogP contribution >= 0.6 is 0 Å². The van der Waals surface area contributed by atoms with Crippen molar-refractivity contribution in [3.63, 3.8) is 0 Å². The summed E-state index contributed by atoms with van der Waals surface area (Å²) in [4.78, 5) is 10.5. The maximum atomic E-state index is 4.41. The molecule has 15 heavy (non-hydrogen) atoms. The second-order valence-corrected chi connectivity index (χ2v) is 4.80. The summed E-state index contributed by atoms with van der Waals surface area (Å²) >= 11 is 0. The number of nitrogens with zero attached hydrogens (tertiary/aromatic N) is 3. The molecule has 0 unspecified atom stereocenters. The first-order chi connectivity index (χ1) is 7.09. The minimum atomic E-state index is 0.503. The van der Waals surface area contributed by atoms with Crippen molar-refractivity contribution >= 4 is 11.8 Å². The van der Waals surface area contributed by atoms with Crippen LogP contribution in [0, 0.1) is 5.41 Å². The van der Waals surface area contributed by atoms with E-state index >= 15 is 0 Å². The zero-order valence-corrected chi connectivity index (χ0v) is 9.62. The summed E-state index contributed by atoms with van der Waals surface area (Å²) in [7, 11) is 3.89. The third-order valence-corrected chi connectivity index (χ3v) is 2.84. The maximum Gasteiger partial charge on any atom is 0.226 e. The van der Waals surface area contributed by atoms with Crippen LogP contribution in [-0.4, -0.2) is 30.6 Å². The van der Waals surface area contributed by atoms with Gasteiger partial charge in [0, 0.05) is 26.8 Å². The van der Waals surface area contributed by atoms with Gasteiger partial charge in [-0.25, -0.2) is 4.98 Å². The average Bonchev–Trinajstić information content (AvgIpc) is 2.95. The fourth-order valence-electron chi connectivity index (χ4n) is 1.36. The van der Waals surface area contributed by atoms with Gasteiger partial charge in [-0.05, 0) is 24.3 Å². The van der Waals surface area contributed by atoms with Gasteiger partial charge in [0.05, 0.1) is 0 Å². The highest BCUT2D eigenvalue weighted by Gasteiger charge is 2.36. The summed E-state index contributed by atoms with van der Waals surface area (Å²) in [5.74, 6) is 1.67. The second-order valence-electron chi connectivity index (χ2n) is 4.80. The molecule has 4 heteroatoms. The first-order valence-electron chi connectivity index (χ1n) is 5.33. The molecule has 1 saturated carbocycles. The lowest BCUT2D eigenvalue weighted by Crippen LogP contribution is -2.16. The Hall–Kier alpha value is -1.32. The molecule has 0 aromatic carbocycles. The minimum Gasteiger partial charge on any atom is -0.369 e. The highest BCUT2D eigenvalue weighted by atomic mass is 15.2. The molecule has 1 aromatic rings. The topological polar surface area (TPSA) is 41.1 Å². The molecule has 0 aliphatic heterocycles. The zero-order valence-electron chi connectivity index (χ0n) is 9.62. The molecular formula is C11H18N4. The minimum absolute atomic E-state index is 0.503. The Morgan fingerprint density at radius 2 is 2.20 bits per heavy atom. The summed E-state index contributed by atoms with van der Waals surface area (Å²) < 4.78 is 0. The van der Waals surface area contributed by atoms with E-state index in [2.05, 4.69) is 22.2 Å². The van der Waals surface area contributed by atoms with Gasteiger partial charge >= 0.3 is 0 Å². The van der Waals surface area contributed by atoms with Crippen molar-refractivity contribution in [3.05, 3.63) is 12.3 Å². The van der Waals surface area contributed by atoms with Crippen LogP contribution in [0.25, 0.3) is 0 Å². The Labute approximate surface area is 90.7 Å². The van der Waals surface area contributed by atoms with Gasteiger partial charge in [0.15, 0.2) is 0 Å². The average molecular weight is 206 g/mol. The molecule has 1 fully saturated rings. The summed E-state index contributed by atoms with van der Waals surface area (Å²) in [6.45, 7) is 3.31. The molecule has 0 saturated heterocycles. The van der Waals surface area contributed by atoms with E-state index in [-0.39, 0.29) is 0 Å². The van der Waals surface area contributed by atoms with Crippen molar-refractivity contribution in [1.29, 1.82) is 0 Å². The third kappa shape index (κ3) is 2.58. The number of hydrogen-bond acceptors (Lipinski definition) is 4. The highest BCUT2D eigenvalue weighted by Crippen LogP contribution is 2.44. The standard InChI is InChI=1S/C11H18N4/c1-11(5-6-11)8-13-9-4-7-12-10(14-9)15(2)3/h4,7H,5-6,8H2,1-3H3,(H,12,13,14). The molecule has 4 nitrogen and oxygen atoms in total. The van der Waals surface area contributed by atoms with Crippen LogP contribution in [0.3, 0.4) is 0 Å². The van der Waals surface area contributed by atoms with Gasteiger partial charge < -0.3 is 10.2 Å². The third-order valence-electron chi connectivity index (χ3n) is 2.84. The molecule has 2 rings (SSSR count). The van der Waals surface area contributed by atoms with E-state index in [4.69, 9.17) is 0 Å². The molecule has 1 aliphatic carbocycles. The van der Waals surface area contributed by atoms with Crippen LogP contribution in [0.1, 0.15) is 19.8 Å². The lowest BCUT2D eigenvalue weighted by molar-refractivity contribution is 0.609. The molecule has 0 radical (unpaired) electrons. The van der Waals surface area contributed by atoms with E-state index in [0.29, 0.717) is 5.41 Å². The summed E-state index contributed by atoms with van der Waals surface area (Å²) in [5.41, 5.74) is 0.503. The second kappa shape index (κ2) is 3.68. The molecule has 1 N–H and O–H groups in total. The predicted octanol–water partition coefficient (Wildman–Crippen LogP) is 1.75. The zero-order chi connectivity index (χ0) is 10.9. The van der Waals surface area contributed by atoms with Gasteiger partial charge in [-0.15, -0.1) is 0 Å². The van der Waals surface area contributed by atoms with Gasteiger partial charge in [0.25, 0.3) is 0 Å². The fourth-order valence-corrected chi connectivity index (χ4v) is 1.36. The number of aromatic nitrogens is 2. The molecule has 0 spiro atoms. The van der Waals surface area contributed by atoms with Crippen LogP contribution in [-0.2, 0) is 0 Å². The van der Waals surface area contributed by atoms with Crippen LogP contribution in [0.4, 0.5) is 11.8 Å². The Morgan fingerprint density at radius 3 is 2.80 bits per heavy atom. The smallest absolute Gasteiger partial charge is 0.226 e. The Bertz CT molecular complexity index is 344. The predicted molar refractivity (Wildman–Crippen MR) is 62.2 cm³/mol. The van der Waals surface area contributed by atoms with Crippen molar-refractivity contribution in [2.45, 2.75) is 19.8 Å². The summed E-state index contributed by atoms with van der Waals surface area (Å²) in [5, 5.41) is 3.36.